The second-order valence-electron chi connectivity index (χ2n) is 11.1. The quantitative estimate of drug-likeness (QED) is 0.100. The molecular formula is C38H27F9O. The molecule has 1 nitrogen and oxygen atoms in total. The Labute approximate surface area is 270 Å². The minimum absolute atomic E-state index is 0.0674. The highest BCUT2D eigenvalue weighted by Gasteiger charge is 2.41. The summed E-state index contributed by atoms with van der Waals surface area (Å²) in [5, 5.41) is 0. The summed E-state index contributed by atoms with van der Waals surface area (Å²) in [5.41, 5.74) is -0.737. The van der Waals surface area contributed by atoms with E-state index in [9.17, 15) is 30.7 Å². The van der Waals surface area contributed by atoms with E-state index in [1.54, 1.807) is 6.07 Å². The molecule has 0 unspecified atom stereocenters. The summed E-state index contributed by atoms with van der Waals surface area (Å²) in [6, 6.07) is 18.2. The van der Waals surface area contributed by atoms with Crippen LogP contribution in [0.1, 0.15) is 42.9 Å². The molecule has 48 heavy (non-hydrogen) atoms. The van der Waals surface area contributed by atoms with Gasteiger partial charge < -0.3 is 4.74 Å². The number of alkyl halides is 2. The Morgan fingerprint density at radius 1 is 0.625 bits per heavy atom. The summed E-state index contributed by atoms with van der Waals surface area (Å²) >= 11 is 0. The van der Waals surface area contributed by atoms with Crippen molar-refractivity contribution in [2.45, 2.75) is 38.7 Å². The first kappa shape index (κ1) is 34.3. The SMILES string of the molecule is CCCCCc1ccc(-c2ccc(-c3ccc(-c4cc(F)c(C(F)(F)Oc5ccc(C(F)=CF)c(F)c5)c(F)c4)c(F)c3)c(F)c2)cc1. The number of unbranched alkanes of at least 4 members (excludes halogenated alkanes) is 2. The first-order valence-electron chi connectivity index (χ1n) is 14.9. The maximum absolute atomic E-state index is 15.3. The molecule has 248 valence electrons. The highest BCUT2D eigenvalue weighted by atomic mass is 19.3. The van der Waals surface area contributed by atoms with Crippen LogP contribution in [0.2, 0.25) is 0 Å². The van der Waals surface area contributed by atoms with E-state index < -0.39 is 69.8 Å². The molecule has 10 heteroatoms. The molecule has 0 aromatic heterocycles. The summed E-state index contributed by atoms with van der Waals surface area (Å²) in [5.74, 6) is -9.27. The second-order valence-corrected chi connectivity index (χ2v) is 11.1. The van der Waals surface area contributed by atoms with Gasteiger partial charge >= 0.3 is 6.11 Å². The van der Waals surface area contributed by atoms with Crippen molar-refractivity contribution in [1.82, 2.24) is 0 Å². The van der Waals surface area contributed by atoms with Gasteiger partial charge in [0.05, 0.1) is 0 Å². The number of aryl methyl sites for hydroxylation is 1. The normalized spacial score (nSPS) is 12.0. The highest BCUT2D eigenvalue weighted by Crippen LogP contribution is 2.39. The van der Waals surface area contributed by atoms with Gasteiger partial charge in [0.2, 0.25) is 0 Å². The lowest BCUT2D eigenvalue weighted by molar-refractivity contribution is -0.189. The molecule has 0 spiro atoms. The molecule has 0 aliphatic rings. The van der Waals surface area contributed by atoms with Gasteiger partial charge in [-0.1, -0.05) is 68.3 Å². The van der Waals surface area contributed by atoms with Crippen molar-refractivity contribution in [2.24, 2.45) is 0 Å². The van der Waals surface area contributed by atoms with E-state index in [0.29, 0.717) is 29.8 Å². The molecule has 0 saturated carbocycles. The fourth-order valence-corrected chi connectivity index (χ4v) is 5.31. The van der Waals surface area contributed by atoms with Crippen LogP contribution in [0.25, 0.3) is 39.2 Å². The van der Waals surface area contributed by atoms with Crippen LogP contribution in [0.3, 0.4) is 0 Å². The molecule has 0 bridgehead atoms. The Kier molecular flexibility index (Phi) is 10.3. The number of halogens is 9. The van der Waals surface area contributed by atoms with Crippen molar-refractivity contribution in [1.29, 1.82) is 0 Å². The van der Waals surface area contributed by atoms with Crippen LogP contribution < -0.4 is 4.74 Å². The zero-order valence-corrected chi connectivity index (χ0v) is 25.4. The predicted molar refractivity (Wildman–Crippen MR) is 167 cm³/mol. The van der Waals surface area contributed by atoms with Gasteiger partial charge in [0, 0.05) is 22.8 Å². The Hall–Kier alpha value is -4.99. The van der Waals surface area contributed by atoms with Crippen LogP contribution >= 0.6 is 0 Å². The van der Waals surface area contributed by atoms with Crippen molar-refractivity contribution < 1.29 is 44.3 Å². The number of hydrogen-bond donors (Lipinski definition) is 0. The van der Waals surface area contributed by atoms with Gasteiger partial charge in [0.1, 0.15) is 46.7 Å². The van der Waals surface area contributed by atoms with E-state index >= 15 is 8.78 Å². The highest BCUT2D eigenvalue weighted by molar-refractivity contribution is 5.74. The molecule has 0 atom stereocenters. The largest absolute Gasteiger partial charge is 0.432 e. The van der Waals surface area contributed by atoms with E-state index in [1.165, 1.54) is 23.8 Å². The van der Waals surface area contributed by atoms with Crippen LogP contribution in [0.4, 0.5) is 39.5 Å². The van der Waals surface area contributed by atoms with Gasteiger partial charge in [-0.05, 0) is 77.1 Å². The molecule has 0 heterocycles. The number of ether oxygens (including phenoxy) is 1. The summed E-state index contributed by atoms with van der Waals surface area (Å²) in [6.45, 7) is 2.13. The predicted octanol–water partition coefficient (Wildman–Crippen LogP) is 12.5. The Bertz CT molecular complexity index is 1940. The second kappa shape index (κ2) is 14.4. The van der Waals surface area contributed by atoms with E-state index in [4.69, 9.17) is 0 Å². The molecule has 0 radical (unpaired) electrons. The van der Waals surface area contributed by atoms with Gasteiger partial charge in [-0.15, -0.1) is 0 Å². The lowest BCUT2D eigenvalue weighted by Crippen LogP contribution is -2.25. The molecule has 0 fully saturated rings. The van der Waals surface area contributed by atoms with Crippen molar-refractivity contribution >= 4 is 5.83 Å². The topological polar surface area (TPSA) is 9.23 Å². The van der Waals surface area contributed by atoms with Crippen LogP contribution in [-0.2, 0) is 12.5 Å². The lowest BCUT2D eigenvalue weighted by atomic mass is 9.96. The maximum Gasteiger partial charge on any atom is 0.432 e. The van der Waals surface area contributed by atoms with Crippen LogP contribution in [0.5, 0.6) is 5.75 Å². The fraction of sp³-hybridized carbons (Fsp3) is 0.158. The minimum atomic E-state index is -4.70. The fourth-order valence-electron chi connectivity index (χ4n) is 5.31. The molecule has 5 aromatic carbocycles. The molecule has 0 aliphatic heterocycles. The standard InChI is InChI=1S/C38H27F9O/c1-2-3-4-5-22-6-8-23(9-7-22)24-10-13-28(31(40)16-24)25-11-14-29(32(41)17-25)26-18-34(43)37(35(44)19-26)38(46,47)48-27-12-15-30(33(42)20-27)36(45)21-39/h6-21H,2-5H2,1H3. The summed E-state index contributed by atoms with van der Waals surface area (Å²) in [6.07, 6.45) is -0.937. The number of hydrogen-bond acceptors (Lipinski definition) is 1. The molecular weight excluding hydrogens is 643 g/mol. The van der Waals surface area contributed by atoms with Gasteiger partial charge in [-0.2, -0.15) is 8.78 Å². The van der Waals surface area contributed by atoms with E-state index in [0.717, 1.165) is 43.4 Å². The minimum Gasteiger partial charge on any atom is -0.429 e. The average Bonchev–Trinajstić information content (AvgIpc) is 3.04. The van der Waals surface area contributed by atoms with Crippen molar-refractivity contribution in [2.75, 3.05) is 0 Å². The van der Waals surface area contributed by atoms with Crippen molar-refractivity contribution in [3.8, 4) is 39.1 Å². The third kappa shape index (κ3) is 7.43. The van der Waals surface area contributed by atoms with Gasteiger partial charge in [-0.3, -0.25) is 0 Å². The van der Waals surface area contributed by atoms with Crippen molar-refractivity contribution in [3.05, 3.63) is 143 Å². The van der Waals surface area contributed by atoms with Crippen LogP contribution in [0.15, 0.2) is 97.3 Å². The van der Waals surface area contributed by atoms with Crippen LogP contribution in [0, 0.1) is 29.1 Å². The third-order valence-corrected chi connectivity index (χ3v) is 7.79. The molecule has 0 saturated heterocycles. The first-order valence-corrected chi connectivity index (χ1v) is 14.9. The Balaban J connectivity index is 1.36. The Morgan fingerprint density at radius 2 is 1.19 bits per heavy atom. The summed E-state index contributed by atoms with van der Waals surface area (Å²) in [4.78, 5) is 0. The first-order chi connectivity index (χ1) is 22.9. The molecule has 5 aromatic rings. The van der Waals surface area contributed by atoms with E-state index in [-0.39, 0.29) is 22.8 Å². The van der Waals surface area contributed by atoms with Crippen LogP contribution in [-0.4, -0.2) is 0 Å². The van der Waals surface area contributed by atoms with Gasteiger partial charge in [0.25, 0.3) is 0 Å². The number of rotatable bonds is 11. The zero-order chi connectivity index (χ0) is 34.6. The zero-order valence-electron chi connectivity index (χ0n) is 25.4. The summed E-state index contributed by atoms with van der Waals surface area (Å²) in [7, 11) is 0. The smallest absolute Gasteiger partial charge is 0.429 e. The molecule has 0 aliphatic carbocycles. The summed E-state index contributed by atoms with van der Waals surface area (Å²) < 4.78 is 134. The average molecular weight is 671 g/mol. The van der Waals surface area contributed by atoms with Gasteiger partial charge in [0.15, 0.2) is 5.83 Å². The molecule has 5 rings (SSSR count). The molecule has 0 amide bonds. The Morgan fingerprint density at radius 3 is 1.77 bits per heavy atom. The van der Waals surface area contributed by atoms with Crippen molar-refractivity contribution in [3.63, 3.8) is 0 Å². The monoisotopic (exact) mass is 670 g/mol. The van der Waals surface area contributed by atoms with E-state index in [2.05, 4.69) is 11.7 Å². The number of benzene rings is 5. The molecule has 0 N–H and O–H groups in total. The third-order valence-electron chi connectivity index (χ3n) is 7.79. The maximum atomic E-state index is 15.3. The van der Waals surface area contributed by atoms with Gasteiger partial charge in [-0.25, -0.2) is 30.7 Å². The lowest BCUT2D eigenvalue weighted by Gasteiger charge is -2.20. The van der Waals surface area contributed by atoms with E-state index in [1.807, 2.05) is 24.3 Å².